The molecule has 0 fully saturated rings. The Hall–Kier alpha value is -1.60. The number of halogens is 8. The van der Waals surface area contributed by atoms with Crippen molar-refractivity contribution >= 4 is 0 Å². The monoisotopic (exact) mass is 256 g/mol. The first-order chi connectivity index (χ1) is 7.29. The van der Waals surface area contributed by atoms with Crippen LogP contribution in [-0.4, -0.2) is 0 Å². The first kappa shape index (κ1) is 23.9. The molecule has 0 bridgehead atoms. The minimum absolute atomic E-state index is 2.91. The SMILES string of the molecule is C=C.C=C.FC(F)=C(F)F.FC(F)=C(F)F. The second-order valence-electron chi connectivity index (χ2n) is 1.04. The molecule has 0 aliphatic carbocycles. The lowest BCUT2D eigenvalue weighted by atomic mass is 11.1. The molecule has 16 heavy (non-hydrogen) atoms. The van der Waals surface area contributed by atoms with Gasteiger partial charge in [0.25, 0.3) is 0 Å². The highest BCUT2D eigenvalue weighted by Gasteiger charge is 1.98. The van der Waals surface area contributed by atoms with Crippen LogP contribution < -0.4 is 0 Å². The minimum Gasteiger partial charge on any atom is -0.167 e. The molecule has 0 saturated heterocycles. The maximum absolute atomic E-state index is 10.3. The van der Waals surface area contributed by atoms with Crippen molar-refractivity contribution in [3.8, 4) is 0 Å². The van der Waals surface area contributed by atoms with E-state index in [0.717, 1.165) is 0 Å². The van der Waals surface area contributed by atoms with Crippen molar-refractivity contribution in [2.75, 3.05) is 0 Å². The third-order valence-electron chi connectivity index (χ3n) is 0.286. The highest BCUT2D eigenvalue weighted by molar-refractivity contribution is 4.77. The lowest BCUT2D eigenvalue weighted by Gasteiger charge is -1.69. The predicted octanol–water partition coefficient (Wildman–Crippen LogP) is 5.59. The smallest absolute Gasteiger partial charge is 0.167 e. The van der Waals surface area contributed by atoms with E-state index in [1.807, 2.05) is 0 Å². The average Bonchev–Trinajstić information content (AvgIpc) is 2.24. The molecule has 0 spiro atoms. The Balaban J connectivity index is -0.0000000686. The van der Waals surface area contributed by atoms with E-state index in [9.17, 15) is 35.1 Å². The molecule has 96 valence electrons. The largest absolute Gasteiger partial charge is 0.334 e. The van der Waals surface area contributed by atoms with E-state index >= 15 is 0 Å². The fourth-order valence-corrected chi connectivity index (χ4v) is 0. The summed E-state index contributed by atoms with van der Waals surface area (Å²) in [4.78, 5) is 0. The van der Waals surface area contributed by atoms with Gasteiger partial charge in [-0.3, -0.25) is 0 Å². The third-order valence-corrected chi connectivity index (χ3v) is 0.286. The molecule has 0 nitrogen and oxygen atoms in total. The summed E-state index contributed by atoms with van der Waals surface area (Å²) in [6, 6.07) is 0. The Bertz CT molecular complexity index is 160. The number of hydrogen-bond acceptors (Lipinski definition) is 0. The highest BCUT2D eigenvalue weighted by atomic mass is 19.3. The van der Waals surface area contributed by atoms with E-state index in [-0.39, 0.29) is 0 Å². The van der Waals surface area contributed by atoms with Crippen LogP contribution in [0.2, 0.25) is 0 Å². The van der Waals surface area contributed by atoms with Crippen LogP contribution in [0.1, 0.15) is 0 Å². The van der Waals surface area contributed by atoms with Gasteiger partial charge in [-0.2, -0.15) is 35.1 Å². The molecule has 8 heteroatoms. The van der Waals surface area contributed by atoms with Gasteiger partial charge in [0, 0.05) is 0 Å². The summed E-state index contributed by atoms with van der Waals surface area (Å²) in [6.45, 7) is 12.0. The van der Waals surface area contributed by atoms with Gasteiger partial charge in [0.1, 0.15) is 0 Å². The van der Waals surface area contributed by atoms with Gasteiger partial charge in [0.2, 0.25) is 0 Å². The maximum atomic E-state index is 10.3. The molecule has 0 aliphatic rings. The standard InChI is InChI=1S/2C2F4.2C2H4/c2*3-1(4)2(5)6;2*1-2/h;;2*1-2H2. The van der Waals surface area contributed by atoms with Crippen LogP contribution in [0.3, 0.4) is 0 Å². The summed E-state index contributed by atoms with van der Waals surface area (Å²) in [5.41, 5.74) is 0. The van der Waals surface area contributed by atoms with Gasteiger partial charge in [-0.15, -0.1) is 26.3 Å². The zero-order valence-corrected chi connectivity index (χ0v) is 7.85. The van der Waals surface area contributed by atoms with Crippen LogP contribution in [0.15, 0.2) is 50.6 Å². The molecule has 0 aliphatic heterocycles. The van der Waals surface area contributed by atoms with Gasteiger partial charge in [0.15, 0.2) is 0 Å². The number of rotatable bonds is 0. The Morgan fingerprint density at radius 1 is 0.375 bits per heavy atom. The first-order valence-electron chi connectivity index (χ1n) is 3.01. The van der Waals surface area contributed by atoms with Crippen molar-refractivity contribution in [3.63, 3.8) is 0 Å². The molecule has 0 amide bonds. The van der Waals surface area contributed by atoms with Gasteiger partial charge >= 0.3 is 24.3 Å². The Morgan fingerprint density at radius 2 is 0.438 bits per heavy atom. The van der Waals surface area contributed by atoms with Crippen molar-refractivity contribution in [2.45, 2.75) is 0 Å². The molecule has 0 N–H and O–H groups in total. The van der Waals surface area contributed by atoms with Crippen molar-refractivity contribution < 1.29 is 35.1 Å². The molecule has 0 rings (SSSR count). The van der Waals surface area contributed by atoms with Gasteiger partial charge in [-0.1, -0.05) is 0 Å². The van der Waals surface area contributed by atoms with Crippen LogP contribution in [0.4, 0.5) is 35.1 Å². The van der Waals surface area contributed by atoms with E-state index in [2.05, 4.69) is 26.3 Å². The van der Waals surface area contributed by atoms with Gasteiger partial charge in [-0.25, -0.2) is 0 Å². The minimum atomic E-state index is -2.91. The summed E-state index contributed by atoms with van der Waals surface area (Å²) in [6.07, 6.45) is -11.6. The molecule has 0 aromatic rings. The summed E-state index contributed by atoms with van der Waals surface area (Å²) < 4.78 is 82.3. The first-order valence-corrected chi connectivity index (χ1v) is 3.01. The zero-order chi connectivity index (χ0) is 14.3. The van der Waals surface area contributed by atoms with Crippen LogP contribution in [0, 0.1) is 0 Å². The van der Waals surface area contributed by atoms with Crippen molar-refractivity contribution in [1.82, 2.24) is 0 Å². The summed E-state index contributed by atoms with van der Waals surface area (Å²) in [7, 11) is 0. The summed E-state index contributed by atoms with van der Waals surface area (Å²) in [5, 5.41) is 0. The van der Waals surface area contributed by atoms with Gasteiger partial charge < -0.3 is 0 Å². The highest BCUT2D eigenvalue weighted by Crippen LogP contribution is 2.08. The number of hydrogen-bond donors (Lipinski definition) is 0. The Morgan fingerprint density at radius 3 is 0.438 bits per heavy atom. The van der Waals surface area contributed by atoms with E-state index in [0.29, 0.717) is 0 Å². The quantitative estimate of drug-likeness (QED) is 0.391. The second-order valence-corrected chi connectivity index (χ2v) is 1.04. The molecular weight excluding hydrogens is 248 g/mol. The van der Waals surface area contributed by atoms with Crippen molar-refractivity contribution in [3.05, 3.63) is 50.6 Å². The van der Waals surface area contributed by atoms with Gasteiger partial charge in [0.05, 0.1) is 0 Å². The predicted molar refractivity (Wildman–Crippen MR) is 45.4 cm³/mol. The zero-order valence-electron chi connectivity index (χ0n) is 7.85. The van der Waals surface area contributed by atoms with E-state index < -0.39 is 24.3 Å². The van der Waals surface area contributed by atoms with E-state index in [1.165, 1.54) is 0 Å². The summed E-state index contributed by atoms with van der Waals surface area (Å²) in [5.74, 6) is 0. The van der Waals surface area contributed by atoms with Crippen LogP contribution >= 0.6 is 0 Å². The third kappa shape index (κ3) is 39.3. The normalized spacial score (nSPS) is 6.50. The molecule has 0 atom stereocenters. The lowest BCUT2D eigenvalue weighted by molar-refractivity contribution is 0.308. The van der Waals surface area contributed by atoms with Crippen molar-refractivity contribution in [2.24, 2.45) is 0 Å². The molecule has 0 unspecified atom stereocenters. The van der Waals surface area contributed by atoms with Gasteiger partial charge in [-0.05, 0) is 0 Å². The molecular formula is C8H8F8. The fraction of sp³-hybridized carbons (Fsp3) is 0. The maximum Gasteiger partial charge on any atom is 0.334 e. The molecule has 0 radical (unpaired) electrons. The fourth-order valence-electron chi connectivity index (χ4n) is 0. The van der Waals surface area contributed by atoms with Crippen molar-refractivity contribution in [1.29, 1.82) is 0 Å². The molecule has 0 aromatic carbocycles. The van der Waals surface area contributed by atoms with Crippen LogP contribution in [0.25, 0.3) is 0 Å². The second kappa shape index (κ2) is 19.0. The molecule has 0 aromatic heterocycles. The summed E-state index contributed by atoms with van der Waals surface area (Å²) >= 11 is 0. The van der Waals surface area contributed by atoms with E-state index in [4.69, 9.17) is 0 Å². The topological polar surface area (TPSA) is 0 Å². The Kier molecular flexibility index (Phi) is 28.5. The molecule has 0 heterocycles. The lowest BCUT2D eigenvalue weighted by Crippen LogP contribution is -1.56. The average molecular weight is 256 g/mol. The van der Waals surface area contributed by atoms with Crippen LogP contribution in [0.5, 0.6) is 0 Å². The van der Waals surface area contributed by atoms with E-state index in [1.54, 1.807) is 0 Å². The Labute approximate surface area is 86.9 Å². The molecule has 0 saturated carbocycles. The van der Waals surface area contributed by atoms with Crippen LogP contribution in [-0.2, 0) is 0 Å².